The van der Waals surface area contributed by atoms with Crippen molar-refractivity contribution in [1.82, 2.24) is 0 Å². The van der Waals surface area contributed by atoms with Gasteiger partial charge in [-0.25, -0.2) is 0 Å². The lowest BCUT2D eigenvalue weighted by molar-refractivity contribution is 0.928. The Kier molecular flexibility index (Phi) is 6.14. The molecule has 0 nitrogen and oxygen atoms in total. The first-order valence-electron chi connectivity index (χ1n) is 6.94. The largest absolute Gasteiger partial charge is 0.143 e. The minimum Gasteiger partial charge on any atom is -0.143 e. The molecule has 0 aliphatic rings. The minimum atomic E-state index is 1.06. The molecule has 0 fully saturated rings. The number of hydrogen-bond acceptors (Lipinski definition) is 3. The van der Waals surface area contributed by atoms with E-state index in [2.05, 4.69) is 50.1 Å². The molecule has 0 aliphatic heterocycles. The van der Waals surface area contributed by atoms with Gasteiger partial charge < -0.3 is 0 Å². The second-order valence-corrected chi connectivity index (χ2v) is 7.46. The molecular weight excluding hydrogens is 300 g/mol. The fourth-order valence-electron chi connectivity index (χ4n) is 2.10. The molecule has 3 heteroatoms. The zero-order valence-corrected chi connectivity index (χ0v) is 14.5. The van der Waals surface area contributed by atoms with Crippen molar-refractivity contribution in [2.75, 3.05) is 0 Å². The van der Waals surface area contributed by atoms with Crippen LogP contribution in [0.5, 0.6) is 0 Å². The lowest BCUT2D eigenvalue weighted by atomic mass is 10.1. The molecular formula is C17H20S3. The van der Waals surface area contributed by atoms with Crippen molar-refractivity contribution in [3.8, 4) is 9.75 Å². The Morgan fingerprint density at radius 3 is 2.85 bits per heavy atom. The van der Waals surface area contributed by atoms with Crippen molar-refractivity contribution in [3.05, 3.63) is 52.1 Å². The maximum Gasteiger partial charge on any atom is 0.0481 e. The SMILES string of the molecule is C=CS/C(=C\CC)c1cc(CCC)c(-c2cccs2)s1. The molecule has 20 heavy (non-hydrogen) atoms. The Morgan fingerprint density at radius 1 is 1.40 bits per heavy atom. The highest BCUT2D eigenvalue weighted by molar-refractivity contribution is 8.11. The number of aryl methyl sites for hydroxylation is 1. The second-order valence-electron chi connectivity index (χ2n) is 4.45. The summed E-state index contributed by atoms with van der Waals surface area (Å²) in [6.45, 7) is 8.28. The van der Waals surface area contributed by atoms with Crippen LogP contribution in [0.2, 0.25) is 0 Å². The highest BCUT2D eigenvalue weighted by atomic mass is 32.2. The molecule has 106 valence electrons. The highest BCUT2D eigenvalue weighted by Gasteiger charge is 2.13. The monoisotopic (exact) mass is 320 g/mol. The van der Waals surface area contributed by atoms with Crippen LogP contribution < -0.4 is 0 Å². The van der Waals surface area contributed by atoms with E-state index in [0.29, 0.717) is 0 Å². The van der Waals surface area contributed by atoms with E-state index in [4.69, 9.17) is 0 Å². The maximum atomic E-state index is 3.85. The van der Waals surface area contributed by atoms with Crippen molar-refractivity contribution in [2.24, 2.45) is 0 Å². The molecule has 0 unspecified atom stereocenters. The summed E-state index contributed by atoms with van der Waals surface area (Å²) in [4.78, 5) is 5.56. The van der Waals surface area contributed by atoms with Crippen LogP contribution in [0.15, 0.2) is 41.6 Å². The van der Waals surface area contributed by atoms with Crippen molar-refractivity contribution < 1.29 is 0 Å². The topological polar surface area (TPSA) is 0 Å². The summed E-state index contributed by atoms with van der Waals surface area (Å²) in [6, 6.07) is 6.74. The Morgan fingerprint density at radius 2 is 2.25 bits per heavy atom. The van der Waals surface area contributed by atoms with Gasteiger partial charge in [-0.05, 0) is 41.3 Å². The summed E-state index contributed by atoms with van der Waals surface area (Å²) in [5.41, 5.74) is 1.49. The lowest BCUT2D eigenvalue weighted by Crippen LogP contribution is -1.81. The van der Waals surface area contributed by atoms with Gasteiger partial charge >= 0.3 is 0 Å². The normalized spacial score (nSPS) is 11.8. The minimum absolute atomic E-state index is 1.06. The zero-order valence-electron chi connectivity index (χ0n) is 12.0. The molecule has 0 bridgehead atoms. The van der Waals surface area contributed by atoms with E-state index in [1.807, 2.05) is 28.1 Å². The van der Waals surface area contributed by atoms with Gasteiger partial charge in [0, 0.05) is 19.5 Å². The summed E-state index contributed by atoms with van der Waals surface area (Å²) in [7, 11) is 0. The molecule has 0 aromatic carbocycles. The van der Waals surface area contributed by atoms with Crippen molar-refractivity contribution >= 4 is 39.3 Å². The second kappa shape index (κ2) is 7.87. The molecule has 0 saturated carbocycles. The predicted molar refractivity (Wildman–Crippen MR) is 97.7 cm³/mol. The molecule has 2 aromatic heterocycles. The van der Waals surface area contributed by atoms with E-state index in [1.54, 1.807) is 11.8 Å². The number of thiophene rings is 2. The van der Waals surface area contributed by atoms with Crippen LogP contribution >= 0.6 is 34.4 Å². The van der Waals surface area contributed by atoms with Gasteiger partial charge in [0.05, 0.1) is 0 Å². The third kappa shape index (κ3) is 3.66. The van der Waals surface area contributed by atoms with Crippen LogP contribution in [0.3, 0.4) is 0 Å². The van der Waals surface area contributed by atoms with E-state index in [-0.39, 0.29) is 0 Å². The molecule has 0 N–H and O–H groups in total. The molecule has 0 aliphatic carbocycles. The Hall–Kier alpha value is -0.770. The quantitative estimate of drug-likeness (QED) is 0.526. The molecule has 2 aromatic rings. The number of rotatable bonds is 7. The summed E-state index contributed by atoms with van der Waals surface area (Å²) in [6.07, 6.45) is 5.70. The highest BCUT2D eigenvalue weighted by Crippen LogP contribution is 2.42. The van der Waals surface area contributed by atoms with Gasteiger partial charge in [0.25, 0.3) is 0 Å². The first-order chi connectivity index (χ1) is 9.80. The van der Waals surface area contributed by atoms with E-state index in [0.717, 1.165) is 12.8 Å². The fraction of sp³-hybridized carbons (Fsp3) is 0.294. The predicted octanol–water partition coefficient (Wildman–Crippen LogP) is 7.06. The summed E-state index contributed by atoms with van der Waals surface area (Å²) >= 11 is 5.48. The molecule has 0 amide bonds. The van der Waals surface area contributed by atoms with Crippen LogP contribution in [-0.4, -0.2) is 0 Å². The van der Waals surface area contributed by atoms with Gasteiger partial charge in [-0.2, -0.15) is 0 Å². The third-order valence-corrected chi connectivity index (χ3v) is 6.11. The Bertz CT molecular complexity index is 573. The van der Waals surface area contributed by atoms with Crippen molar-refractivity contribution in [3.63, 3.8) is 0 Å². The molecule has 2 rings (SSSR count). The van der Waals surface area contributed by atoms with Gasteiger partial charge in [0.1, 0.15) is 0 Å². The van der Waals surface area contributed by atoms with Crippen LogP contribution in [0.1, 0.15) is 37.1 Å². The van der Waals surface area contributed by atoms with Crippen molar-refractivity contribution in [1.29, 1.82) is 0 Å². The van der Waals surface area contributed by atoms with Gasteiger partial charge in [0.2, 0.25) is 0 Å². The average Bonchev–Trinajstić information content (AvgIpc) is 3.07. The first kappa shape index (κ1) is 15.6. The smallest absolute Gasteiger partial charge is 0.0481 e. The maximum absolute atomic E-state index is 3.85. The Labute approximate surface area is 134 Å². The molecule has 0 radical (unpaired) electrons. The van der Waals surface area contributed by atoms with Crippen LogP contribution in [0, 0.1) is 0 Å². The Balaban J connectivity index is 2.43. The summed E-state index contributed by atoms with van der Waals surface area (Å²) < 4.78 is 0. The van der Waals surface area contributed by atoms with E-state index in [9.17, 15) is 0 Å². The van der Waals surface area contributed by atoms with Gasteiger partial charge in [0.15, 0.2) is 0 Å². The first-order valence-corrected chi connectivity index (χ1v) is 9.52. The van der Waals surface area contributed by atoms with E-state index in [1.165, 1.54) is 31.5 Å². The van der Waals surface area contributed by atoms with Crippen molar-refractivity contribution in [2.45, 2.75) is 33.1 Å². The third-order valence-electron chi connectivity index (χ3n) is 2.92. The van der Waals surface area contributed by atoms with Crippen LogP contribution in [0.4, 0.5) is 0 Å². The van der Waals surface area contributed by atoms with Gasteiger partial charge in [-0.1, -0.05) is 50.8 Å². The molecule has 0 atom stereocenters. The fourth-order valence-corrected chi connectivity index (χ4v) is 5.02. The lowest BCUT2D eigenvalue weighted by Gasteiger charge is -1.99. The van der Waals surface area contributed by atoms with E-state index >= 15 is 0 Å². The van der Waals surface area contributed by atoms with E-state index < -0.39 is 0 Å². The van der Waals surface area contributed by atoms with Gasteiger partial charge in [-0.15, -0.1) is 22.7 Å². The number of allylic oxidation sites excluding steroid dienone is 1. The summed E-state index contributed by atoms with van der Waals surface area (Å²) in [5, 5.41) is 4.08. The zero-order chi connectivity index (χ0) is 14.4. The standard InChI is InChI=1S/C17H20S3/c1-4-8-13-12-16(14(9-5-2)18-6-3)20-17(13)15-10-7-11-19-15/h6-7,9-12H,3-5,8H2,1-2H3/b14-9-. The van der Waals surface area contributed by atoms with Gasteiger partial charge in [-0.3, -0.25) is 0 Å². The van der Waals surface area contributed by atoms with Crippen LogP contribution in [-0.2, 0) is 6.42 Å². The average molecular weight is 321 g/mol. The molecule has 2 heterocycles. The number of hydrogen-bond donors (Lipinski definition) is 0. The summed E-state index contributed by atoms with van der Waals surface area (Å²) in [5.74, 6) is 0. The van der Waals surface area contributed by atoms with Crippen LogP contribution in [0.25, 0.3) is 14.7 Å². The molecule has 0 spiro atoms. The number of thioether (sulfide) groups is 1. The molecule has 0 saturated heterocycles.